The highest BCUT2D eigenvalue weighted by Crippen LogP contribution is 2.22. The minimum absolute atomic E-state index is 0.0135. The van der Waals surface area contributed by atoms with Crippen molar-refractivity contribution >= 4 is 33.6 Å². The van der Waals surface area contributed by atoms with Gasteiger partial charge in [0.2, 0.25) is 0 Å². The number of benzene rings is 2. The maximum absolute atomic E-state index is 13.1. The van der Waals surface area contributed by atoms with Gasteiger partial charge in [0.25, 0.3) is 11.1 Å². The van der Waals surface area contributed by atoms with E-state index in [1.165, 1.54) is 11.8 Å². The molecule has 4 aromatic rings. The molecule has 0 bridgehead atoms. The summed E-state index contributed by atoms with van der Waals surface area (Å²) < 4.78 is 1.77. The zero-order valence-corrected chi connectivity index (χ0v) is 18.7. The van der Waals surface area contributed by atoms with Crippen molar-refractivity contribution in [1.29, 1.82) is 0 Å². The average molecular weight is 435 g/mol. The average Bonchev–Trinajstić information content (AvgIpc) is 2.77. The lowest BCUT2D eigenvalue weighted by Gasteiger charge is -2.13. The Labute approximate surface area is 184 Å². The van der Waals surface area contributed by atoms with Crippen molar-refractivity contribution in [2.75, 3.05) is 0 Å². The van der Waals surface area contributed by atoms with Gasteiger partial charge in [0.15, 0.2) is 5.16 Å². The number of unbranched alkanes of at least 4 members (excludes halogenated alkanes) is 3. The molecule has 6 nitrogen and oxygen atoms in total. The van der Waals surface area contributed by atoms with E-state index in [0.29, 0.717) is 45.1 Å². The number of H-pyrrole nitrogens is 1. The Morgan fingerprint density at radius 3 is 2.61 bits per heavy atom. The van der Waals surface area contributed by atoms with E-state index in [4.69, 9.17) is 4.98 Å². The van der Waals surface area contributed by atoms with E-state index < -0.39 is 0 Å². The van der Waals surface area contributed by atoms with E-state index >= 15 is 0 Å². The molecular weight excluding hydrogens is 408 g/mol. The largest absolute Gasteiger partial charge is 0.309 e. The number of aryl methyl sites for hydroxylation is 1. The number of nitrogens with one attached hydrogen (secondary N) is 1. The number of hydrogen-bond acceptors (Lipinski definition) is 5. The number of fused-ring (bicyclic) bond motifs is 2. The quantitative estimate of drug-likeness (QED) is 0.244. The molecule has 7 heteroatoms. The number of para-hydroxylation sites is 2. The van der Waals surface area contributed by atoms with E-state index in [1.54, 1.807) is 10.6 Å². The summed E-state index contributed by atoms with van der Waals surface area (Å²) in [7, 11) is 0. The summed E-state index contributed by atoms with van der Waals surface area (Å²) in [4.78, 5) is 37.9. The topological polar surface area (TPSA) is 80.6 Å². The van der Waals surface area contributed by atoms with E-state index in [2.05, 4.69) is 16.9 Å². The molecule has 0 aliphatic rings. The first-order chi connectivity index (χ1) is 15.1. The van der Waals surface area contributed by atoms with Gasteiger partial charge in [-0.2, -0.15) is 0 Å². The lowest BCUT2D eigenvalue weighted by molar-refractivity contribution is 0.531. The Morgan fingerprint density at radius 1 is 0.968 bits per heavy atom. The van der Waals surface area contributed by atoms with Crippen molar-refractivity contribution in [3.63, 3.8) is 0 Å². The van der Waals surface area contributed by atoms with E-state index in [-0.39, 0.29) is 11.1 Å². The number of thioether (sulfide) groups is 1. The number of aromatic nitrogens is 4. The molecule has 0 unspecified atom stereocenters. The van der Waals surface area contributed by atoms with Gasteiger partial charge in [0.1, 0.15) is 5.82 Å². The first kappa shape index (κ1) is 21.3. The zero-order chi connectivity index (χ0) is 21.8. The van der Waals surface area contributed by atoms with Crippen LogP contribution in [0.5, 0.6) is 0 Å². The minimum Gasteiger partial charge on any atom is -0.309 e. The van der Waals surface area contributed by atoms with Crippen LogP contribution in [-0.2, 0) is 12.3 Å². The highest BCUT2D eigenvalue weighted by molar-refractivity contribution is 7.98. The van der Waals surface area contributed by atoms with Crippen LogP contribution in [-0.4, -0.2) is 19.5 Å². The van der Waals surface area contributed by atoms with Crippen LogP contribution in [0.15, 0.2) is 57.2 Å². The van der Waals surface area contributed by atoms with Gasteiger partial charge < -0.3 is 4.98 Å². The number of nitrogens with zero attached hydrogens (tertiary/aromatic N) is 3. The Morgan fingerprint density at radius 2 is 1.77 bits per heavy atom. The predicted molar refractivity (Wildman–Crippen MR) is 127 cm³/mol. The number of aromatic amines is 1. The zero-order valence-electron chi connectivity index (χ0n) is 17.9. The van der Waals surface area contributed by atoms with Gasteiger partial charge in [-0.15, -0.1) is 0 Å². The van der Waals surface area contributed by atoms with Crippen LogP contribution in [0, 0.1) is 6.92 Å². The van der Waals surface area contributed by atoms with Crippen LogP contribution in [0.25, 0.3) is 21.8 Å². The molecule has 0 aliphatic carbocycles. The third kappa shape index (κ3) is 4.56. The molecular formula is C24H26N4O2S. The SMILES string of the molecule is CCCCCCn1c(SCc2nc3c(C)cccc3c(=O)[nH]2)nc2ccccc2c1=O. The number of rotatable bonds is 8. The summed E-state index contributed by atoms with van der Waals surface area (Å²) >= 11 is 1.44. The van der Waals surface area contributed by atoms with Crippen molar-refractivity contribution in [2.45, 2.75) is 57.0 Å². The summed E-state index contributed by atoms with van der Waals surface area (Å²) in [5.74, 6) is 1.01. The summed E-state index contributed by atoms with van der Waals surface area (Å²) in [5, 5.41) is 1.88. The fourth-order valence-electron chi connectivity index (χ4n) is 3.70. The normalized spacial score (nSPS) is 11.4. The monoisotopic (exact) mass is 434 g/mol. The molecule has 0 amide bonds. The van der Waals surface area contributed by atoms with Crippen LogP contribution >= 0.6 is 11.8 Å². The maximum atomic E-state index is 13.1. The molecule has 0 aliphatic heterocycles. The van der Waals surface area contributed by atoms with Crippen LogP contribution < -0.4 is 11.1 Å². The minimum atomic E-state index is -0.146. The first-order valence-corrected chi connectivity index (χ1v) is 11.7. The molecule has 31 heavy (non-hydrogen) atoms. The molecule has 0 radical (unpaired) electrons. The summed E-state index contributed by atoms with van der Waals surface area (Å²) in [6, 6.07) is 13.0. The fraction of sp³-hybridized carbons (Fsp3) is 0.333. The number of hydrogen-bond donors (Lipinski definition) is 1. The molecule has 2 aromatic heterocycles. The highest BCUT2D eigenvalue weighted by Gasteiger charge is 2.13. The molecule has 4 rings (SSSR count). The molecule has 0 atom stereocenters. The second kappa shape index (κ2) is 9.47. The molecule has 2 aromatic carbocycles. The Balaban J connectivity index is 1.67. The van der Waals surface area contributed by atoms with Crippen molar-refractivity contribution in [1.82, 2.24) is 19.5 Å². The van der Waals surface area contributed by atoms with Crippen molar-refractivity contribution in [3.05, 3.63) is 74.6 Å². The van der Waals surface area contributed by atoms with Gasteiger partial charge in [-0.25, -0.2) is 9.97 Å². The summed E-state index contributed by atoms with van der Waals surface area (Å²) in [5.41, 5.74) is 2.21. The third-order valence-corrected chi connectivity index (χ3v) is 6.37. The molecule has 0 spiro atoms. The van der Waals surface area contributed by atoms with Crippen molar-refractivity contribution < 1.29 is 0 Å². The van der Waals surface area contributed by atoms with E-state index in [9.17, 15) is 9.59 Å². The Bertz CT molecular complexity index is 1340. The maximum Gasteiger partial charge on any atom is 0.262 e. The van der Waals surface area contributed by atoms with Gasteiger partial charge in [-0.3, -0.25) is 14.2 Å². The highest BCUT2D eigenvalue weighted by atomic mass is 32.2. The van der Waals surface area contributed by atoms with E-state index in [0.717, 1.165) is 31.2 Å². The van der Waals surface area contributed by atoms with Gasteiger partial charge in [-0.05, 0) is 37.1 Å². The standard InChI is InChI=1S/C24H26N4O2S/c1-3-4-5-8-14-28-23(30)17-11-6-7-13-19(17)25-24(28)31-15-20-26-21-16(2)10-9-12-18(21)22(29)27-20/h6-7,9-13H,3-5,8,14-15H2,1-2H3,(H,26,27,29). The molecule has 0 saturated heterocycles. The van der Waals surface area contributed by atoms with E-state index in [1.807, 2.05) is 43.3 Å². The van der Waals surface area contributed by atoms with Crippen LogP contribution in [0.3, 0.4) is 0 Å². The second-order valence-electron chi connectivity index (χ2n) is 7.70. The van der Waals surface area contributed by atoms with Crippen LogP contribution in [0.1, 0.15) is 44.0 Å². The summed E-state index contributed by atoms with van der Waals surface area (Å²) in [6.45, 7) is 4.76. The van der Waals surface area contributed by atoms with Crippen LogP contribution in [0.2, 0.25) is 0 Å². The smallest absolute Gasteiger partial charge is 0.262 e. The van der Waals surface area contributed by atoms with Gasteiger partial charge in [0.05, 0.1) is 27.6 Å². The van der Waals surface area contributed by atoms with Crippen LogP contribution in [0.4, 0.5) is 0 Å². The van der Waals surface area contributed by atoms with Gasteiger partial charge in [0, 0.05) is 6.54 Å². The lowest BCUT2D eigenvalue weighted by atomic mass is 10.1. The lowest BCUT2D eigenvalue weighted by Crippen LogP contribution is -2.23. The van der Waals surface area contributed by atoms with Gasteiger partial charge in [-0.1, -0.05) is 62.2 Å². The molecule has 1 N–H and O–H groups in total. The molecule has 160 valence electrons. The fourth-order valence-corrected chi connectivity index (χ4v) is 4.60. The Kier molecular flexibility index (Phi) is 6.51. The predicted octanol–water partition coefficient (Wildman–Crippen LogP) is 4.81. The van der Waals surface area contributed by atoms with Gasteiger partial charge >= 0.3 is 0 Å². The molecule has 0 fully saturated rings. The third-order valence-electron chi connectivity index (χ3n) is 5.39. The van der Waals surface area contributed by atoms with Crippen molar-refractivity contribution in [3.8, 4) is 0 Å². The summed E-state index contributed by atoms with van der Waals surface area (Å²) in [6.07, 6.45) is 4.32. The Hall–Kier alpha value is -2.93. The van der Waals surface area contributed by atoms with Crippen molar-refractivity contribution in [2.24, 2.45) is 0 Å². The first-order valence-electron chi connectivity index (χ1n) is 10.7. The molecule has 0 saturated carbocycles. The molecule has 2 heterocycles. The second-order valence-corrected chi connectivity index (χ2v) is 8.64.